The van der Waals surface area contributed by atoms with Crippen LogP contribution in [0, 0.1) is 12.7 Å². The smallest absolute Gasteiger partial charge is 0.252 e. The third-order valence-corrected chi connectivity index (χ3v) is 6.48. The fourth-order valence-corrected chi connectivity index (χ4v) is 4.60. The SMILES string of the molecule is Cc1nn(C(C)(C)C)c2nc(C(C)C)cc(C(=O)NCC(c3cccc(F)c3)N3CCOCC3)c12. The van der Waals surface area contributed by atoms with Crippen LogP contribution in [-0.2, 0) is 10.3 Å². The quantitative estimate of drug-likeness (QED) is 0.559. The van der Waals surface area contributed by atoms with Crippen molar-refractivity contribution in [3.05, 3.63) is 58.7 Å². The minimum absolute atomic E-state index is 0.154. The summed E-state index contributed by atoms with van der Waals surface area (Å²) in [7, 11) is 0. The maximum Gasteiger partial charge on any atom is 0.252 e. The van der Waals surface area contributed by atoms with Crippen LogP contribution < -0.4 is 5.32 Å². The first-order valence-corrected chi connectivity index (χ1v) is 12.3. The Labute approximate surface area is 206 Å². The van der Waals surface area contributed by atoms with Gasteiger partial charge in [0.05, 0.1) is 41.4 Å². The van der Waals surface area contributed by atoms with E-state index in [-0.39, 0.29) is 29.2 Å². The van der Waals surface area contributed by atoms with E-state index in [0.717, 1.165) is 41.1 Å². The summed E-state index contributed by atoms with van der Waals surface area (Å²) >= 11 is 0. The molecule has 1 aromatic carbocycles. The number of aromatic nitrogens is 3. The molecule has 1 aliphatic heterocycles. The fraction of sp³-hybridized carbons (Fsp3) is 0.519. The number of hydrogen-bond acceptors (Lipinski definition) is 5. The molecule has 7 nitrogen and oxygen atoms in total. The lowest BCUT2D eigenvalue weighted by Crippen LogP contribution is -2.43. The van der Waals surface area contributed by atoms with Crippen LogP contribution in [0.15, 0.2) is 30.3 Å². The van der Waals surface area contributed by atoms with Gasteiger partial charge in [0.1, 0.15) is 5.82 Å². The Hall–Kier alpha value is -2.84. The molecule has 8 heteroatoms. The van der Waals surface area contributed by atoms with E-state index in [4.69, 9.17) is 14.8 Å². The van der Waals surface area contributed by atoms with Gasteiger partial charge >= 0.3 is 0 Å². The summed E-state index contributed by atoms with van der Waals surface area (Å²) in [5.74, 6) is -0.303. The number of pyridine rings is 1. The maximum atomic E-state index is 14.0. The molecule has 35 heavy (non-hydrogen) atoms. The van der Waals surface area contributed by atoms with Gasteiger partial charge in [-0.2, -0.15) is 5.10 Å². The van der Waals surface area contributed by atoms with E-state index in [0.29, 0.717) is 25.3 Å². The number of nitrogens with one attached hydrogen (secondary N) is 1. The number of carbonyl (C=O) groups excluding carboxylic acids is 1. The summed E-state index contributed by atoms with van der Waals surface area (Å²) in [6.07, 6.45) is 0. The van der Waals surface area contributed by atoms with Crippen molar-refractivity contribution < 1.29 is 13.9 Å². The highest BCUT2D eigenvalue weighted by molar-refractivity contribution is 6.06. The number of nitrogens with zero attached hydrogens (tertiary/aromatic N) is 4. The molecule has 0 spiro atoms. The standard InChI is InChI=1S/C27H36FN5O2/c1-17(2)22-15-21(24-18(3)31-33(25(24)30-22)27(4,5)6)26(34)29-16-23(32-10-12-35-13-11-32)19-8-7-9-20(28)14-19/h7-9,14-15,17,23H,10-13,16H2,1-6H3,(H,29,34). The molecule has 0 bridgehead atoms. The van der Waals surface area contributed by atoms with Gasteiger partial charge in [-0.15, -0.1) is 0 Å². The van der Waals surface area contributed by atoms with Gasteiger partial charge in [0.15, 0.2) is 5.65 Å². The topological polar surface area (TPSA) is 72.3 Å². The summed E-state index contributed by atoms with van der Waals surface area (Å²) in [5.41, 5.74) is 3.49. The molecule has 4 rings (SSSR count). The molecule has 1 N–H and O–H groups in total. The van der Waals surface area contributed by atoms with Crippen molar-refractivity contribution in [2.24, 2.45) is 0 Å². The van der Waals surface area contributed by atoms with Gasteiger partial charge in [-0.3, -0.25) is 9.69 Å². The van der Waals surface area contributed by atoms with Crippen molar-refractivity contribution in [3.8, 4) is 0 Å². The molecule has 2 aromatic heterocycles. The van der Waals surface area contributed by atoms with Gasteiger partial charge in [0.2, 0.25) is 0 Å². The molecule has 188 valence electrons. The number of fused-ring (bicyclic) bond motifs is 1. The number of rotatable bonds is 6. The lowest BCUT2D eigenvalue weighted by Gasteiger charge is -2.35. The number of benzene rings is 1. The minimum Gasteiger partial charge on any atom is -0.379 e. The predicted octanol–water partition coefficient (Wildman–Crippen LogP) is 4.56. The second-order valence-corrected chi connectivity index (χ2v) is 10.5. The fourth-order valence-electron chi connectivity index (χ4n) is 4.60. The Morgan fingerprint density at radius 3 is 2.54 bits per heavy atom. The van der Waals surface area contributed by atoms with Crippen molar-refractivity contribution in [2.75, 3.05) is 32.8 Å². The van der Waals surface area contributed by atoms with Gasteiger partial charge in [0.25, 0.3) is 5.91 Å². The van der Waals surface area contributed by atoms with Gasteiger partial charge < -0.3 is 10.1 Å². The summed E-state index contributed by atoms with van der Waals surface area (Å²) in [4.78, 5) is 20.8. The van der Waals surface area contributed by atoms with E-state index in [9.17, 15) is 9.18 Å². The van der Waals surface area contributed by atoms with Gasteiger partial charge in [-0.1, -0.05) is 26.0 Å². The number of ether oxygens (including phenoxy) is 1. The Bertz CT molecular complexity index is 1210. The van der Waals surface area contributed by atoms with Crippen molar-refractivity contribution in [3.63, 3.8) is 0 Å². The van der Waals surface area contributed by atoms with Crippen LogP contribution in [0.3, 0.4) is 0 Å². The largest absolute Gasteiger partial charge is 0.379 e. The van der Waals surface area contributed by atoms with E-state index in [1.54, 1.807) is 12.1 Å². The highest BCUT2D eigenvalue weighted by atomic mass is 19.1. The number of amides is 1. The first-order chi connectivity index (χ1) is 16.6. The Balaban J connectivity index is 1.69. The number of aryl methyl sites for hydroxylation is 1. The molecule has 0 aliphatic carbocycles. The predicted molar refractivity (Wildman–Crippen MR) is 135 cm³/mol. The summed E-state index contributed by atoms with van der Waals surface area (Å²) < 4.78 is 21.5. The van der Waals surface area contributed by atoms with Crippen molar-refractivity contribution in [1.29, 1.82) is 0 Å². The summed E-state index contributed by atoms with van der Waals surface area (Å²) in [6, 6.07) is 8.34. The molecule has 3 heterocycles. The molecule has 1 amide bonds. The van der Waals surface area contributed by atoms with E-state index in [1.807, 2.05) is 23.7 Å². The molecular weight excluding hydrogens is 445 g/mol. The average molecular weight is 482 g/mol. The number of morpholine rings is 1. The molecule has 1 unspecified atom stereocenters. The lowest BCUT2D eigenvalue weighted by atomic mass is 10.0. The number of halogens is 1. The van der Waals surface area contributed by atoms with Gasteiger partial charge in [-0.05, 0) is 57.4 Å². The zero-order valence-electron chi connectivity index (χ0n) is 21.6. The molecular formula is C27H36FN5O2. The summed E-state index contributed by atoms with van der Waals surface area (Å²) in [6.45, 7) is 15.3. The normalized spacial score (nSPS) is 16.1. The molecule has 1 saturated heterocycles. The minimum atomic E-state index is -0.283. The number of carbonyl (C=O) groups is 1. The van der Waals surface area contributed by atoms with Crippen LogP contribution in [-0.4, -0.2) is 58.4 Å². The van der Waals surface area contributed by atoms with Crippen LogP contribution >= 0.6 is 0 Å². The maximum absolute atomic E-state index is 14.0. The van der Waals surface area contributed by atoms with Crippen molar-refractivity contribution in [2.45, 2.75) is 59.0 Å². The van der Waals surface area contributed by atoms with Crippen LogP contribution in [0.4, 0.5) is 4.39 Å². The molecule has 0 saturated carbocycles. The Kier molecular flexibility index (Phi) is 7.24. The lowest BCUT2D eigenvalue weighted by molar-refractivity contribution is 0.0162. The first kappa shape index (κ1) is 25.3. The van der Waals surface area contributed by atoms with Gasteiger partial charge in [0, 0.05) is 25.3 Å². The van der Waals surface area contributed by atoms with E-state index >= 15 is 0 Å². The second-order valence-electron chi connectivity index (χ2n) is 10.5. The monoisotopic (exact) mass is 481 g/mol. The van der Waals surface area contributed by atoms with Crippen LogP contribution in [0.5, 0.6) is 0 Å². The molecule has 1 atom stereocenters. The molecule has 3 aromatic rings. The molecule has 1 aliphatic rings. The molecule has 1 fully saturated rings. The first-order valence-electron chi connectivity index (χ1n) is 12.3. The van der Waals surface area contributed by atoms with Crippen molar-refractivity contribution >= 4 is 16.9 Å². The van der Waals surface area contributed by atoms with Crippen LogP contribution in [0.1, 0.15) is 73.9 Å². The third-order valence-electron chi connectivity index (χ3n) is 6.48. The average Bonchev–Trinajstić information content (AvgIpc) is 3.16. The van der Waals surface area contributed by atoms with Crippen LogP contribution in [0.2, 0.25) is 0 Å². The highest BCUT2D eigenvalue weighted by Crippen LogP contribution is 2.29. The number of hydrogen-bond donors (Lipinski definition) is 1. The van der Waals surface area contributed by atoms with Crippen molar-refractivity contribution in [1.82, 2.24) is 25.0 Å². The van der Waals surface area contributed by atoms with E-state index < -0.39 is 0 Å². The highest BCUT2D eigenvalue weighted by Gasteiger charge is 2.27. The van der Waals surface area contributed by atoms with Gasteiger partial charge in [-0.25, -0.2) is 14.1 Å². The van der Waals surface area contributed by atoms with E-state index in [2.05, 4.69) is 44.8 Å². The summed E-state index contributed by atoms with van der Waals surface area (Å²) in [5, 5.41) is 8.65. The van der Waals surface area contributed by atoms with Crippen LogP contribution in [0.25, 0.3) is 11.0 Å². The second kappa shape index (κ2) is 10.0. The molecule has 0 radical (unpaired) electrons. The third kappa shape index (κ3) is 5.38. The Morgan fingerprint density at radius 2 is 1.91 bits per heavy atom. The Morgan fingerprint density at radius 1 is 1.20 bits per heavy atom. The van der Waals surface area contributed by atoms with E-state index in [1.165, 1.54) is 6.07 Å². The zero-order chi connectivity index (χ0) is 25.3. The zero-order valence-corrected chi connectivity index (χ0v) is 21.6.